The van der Waals surface area contributed by atoms with Gasteiger partial charge in [0, 0.05) is 23.4 Å². The summed E-state index contributed by atoms with van der Waals surface area (Å²) in [6.45, 7) is 0.472. The van der Waals surface area contributed by atoms with Crippen molar-refractivity contribution in [3.05, 3.63) is 52.8 Å². The second-order valence-corrected chi connectivity index (χ2v) is 4.83. The van der Waals surface area contributed by atoms with Gasteiger partial charge in [-0.2, -0.15) is 0 Å². The molecular weight excluding hydrogens is 280 g/mol. The van der Waals surface area contributed by atoms with Crippen molar-refractivity contribution >= 4 is 15.9 Å². The highest BCUT2D eigenvalue weighted by Gasteiger charge is 2.09. The van der Waals surface area contributed by atoms with E-state index in [9.17, 15) is 0 Å². The zero-order valence-electron chi connectivity index (χ0n) is 9.64. The molecule has 0 aliphatic rings. The Morgan fingerprint density at radius 1 is 1.29 bits per heavy atom. The minimum atomic E-state index is -0.112. The molecule has 2 aromatic rings. The first kappa shape index (κ1) is 12.2. The third-order valence-electron chi connectivity index (χ3n) is 2.61. The van der Waals surface area contributed by atoms with Crippen molar-refractivity contribution in [2.45, 2.75) is 6.04 Å². The molecule has 1 aromatic carbocycles. The fourth-order valence-electron chi connectivity index (χ4n) is 1.66. The van der Waals surface area contributed by atoms with Gasteiger partial charge in [0.2, 0.25) is 0 Å². The van der Waals surface area contributed by atoms with E-state index in [2.05, 4.69) is 15.9 Å². The van der Waals surface area contributed by atoms with Gasteiger partial charge in [0.15, 0.2) is 0 Å². The fourth-order valence-corrected chi connectivity index (χ4v) is 1.93. The molecular formula is C13H15BrN2O. The summed E-state index contributed by atoms with van der Waals surface area (Å²) in [5.74, 6) is 0.831. The number of hydrogen-bond donors (Lipinski definition) is 1. The van der Waals surface area contributed by atoms with Crippen molar-refractivity contribution < 1.29 is 4.74 Å². The molecule has 4 heteroatoms. The fraction of sp³-hybridized carbons (Fsp3) is 0.231. The van der Waals surface area contributed by atoms with Gasteiger partial charge in [-0.05, 0) is 36.4 Å². The second kappa shape index (κ2) is 5.38. The predicted octanol–water partition coefficient (Wildman–Crippen LogP) is 2.87. The van der Waals surface area contributed by atoms with Crippen LogP contribution in [0.2, 0.25) is 0 Å². The molecule has 0 saturated carbocycles. The van der Waals surface area contributed by atoms with Crippen LogP contribution < -0.4 is 10.5 Å². The quantitative estimate of drug-likeness (QED) is 0.942. The van der Waals surface area contributed by atoms with Gasteiger partial charge in [-0.3, -0.25) is 0 Å². The molecule has 1 heterocycles. The van der Waals surface area contributed by atoms with Gasteiger partial charge in [0.1, 0.15) is 12.4 Å². The lowest BCUT2D eigenvalue weighted by Gasteiger charge is -2.14. The van der Waals surface area contributed by atoms with Gasteiger partial charge < -0.3 is 15.0 Å². The molecule has 2 rings (SSSR count). The Balaban J connectivity index is 1.94. The lowest BCUT2D eigenvalue weighted by Crippen LogP contribution is -2.21. The molecule has 0 spiro atoms. The number of ether oxygens (including phenoxy) is 1. The number of aryl methyl sites for hydroxylation is 1. The first-order chi connectivity index (χ1) is 8.16. The van der Waals surface area contributed by atoms with E-state index < -0.39 is 0 Å². The maximum absolute atomic E-state index is 6.06. The van der Waals surface area contributed by atoms with Gasteiger partial charge >= 0.3 is 0 Å². The Morgan fingerprint density at radius 3 is 2.59 bits per heavy atom. The van der Waals surface area contributed by atoms with E-state index in [1.54, 1.807) is 0 Å². The van der Waals surface area contributed by atoms with Crippen LogP contribution in [0.25, 0.3) is 0 Å². The average molecular weight is 295 g/mol. The monoisotopic (exact) mass is 294 g/mol. The van der Waals surface area contributed by atoms with Gasteiger partial charge in [0.25, 0.3) is 0 Å². The maximum atomic E-state index is 6.06. The summed E-state index contributed by atoms with van der Waals surface area (Å²) in [6, 6.07) is 11.6. The number of rotatable bonds is 4. The van der Waals surface area contributed by atoms with Gasteiger partial charge in [-0.25, -0.2) is 0 Å². The Kier molecular flexibility index (Phi) is 3.86. The summed E-state index contributed by atoms with van der Waals surface area (Å²) < 4.78 is 8.69. The Morgan fingerprint density at radius 2 is 2.00 bits per heavy atom. The van der Waals surface area contributed by atoms with Crippen LogP contribution in [0.1, 0.15) is 11.7 Å². The first-order valence-electron chi connectivity index (χ1n) is 5.42. The van der Waals surface area contributed by atoms with Crippen LogP contribution in [0.3, 0.4) is 0 Å². The normalized spacial score (nSPS) is 12.4. The molecule has 0 radical (unpaired) electrons. The lowest BCUT2D eigenvalue weighted by molar-refractivity contribution is 0.286. The molecule has 0 aliphatic heterocycles. The van der Waals surface area contributed by atoms with Crippen LogP contribution in [0, 0.1) is 0 Å². The third kappa shape index (κ3) is 3.11. The zero-order chi connectivity index (χ0) is 12.3. The first-order valence-corrected chi connectivity index (χ1v) is 6.21. The van der Waals surface area contributed by atoms with Crippen LogP contribution in [0.4, 0.5) is 0 Å². The molecule has 90 valence electrons. The van der Waals surface area contributed by atoms with Gasteiger partial charge in [-0.15, -0.1) is 0 Å². The van der Waals surface area contributed by atoms with Crippen LogP contribution >= 0.6 is 15.9 Å². The van der Waals surface area contributed by atoms with Crippen molar-refractivity contribution in [1.82, 2.24) is 4.57 Å². The Hall–Kier alpha value is -1.26. The van der Waals surface area contributed by atoms with E-state index in [4.69, 9.17) is 10.5 Å². The lowest BCUT2D eigenvalue weighted by atomic mass is 10.2. The van der Waals surface area contributed by atoms with Gasteiger partial charge in [0.05, 0.1) is 6.04 Å². The van der Waals surface area contributed by atoms with E-state index in [1.165, 1.54) is 0 Å². The van der Waals surface area contributed by atoms with Gasteiger partial charge in [-0.1, -0.05) is 15.9 Å². The van der Waals surface area contributed by atoms with Crippen LogP contribution in [-0.4, -0.2) is 11.2 Å². The smallest absolute Gasteiger partial charge is 0.119 e. The molecule has 3 nitrogen and oxygen atoms in total. The Bertz CT molecular complexity index is 478. The minimum absolute atomic E-state index is 0.112. The number of nitrogens with zero attached hydrogens (tertiary/aromatic N) is 1. The highest BCUT2D eigenvalue weighted by molar-refractivity contribution is 9.10. The molecule has 1 atom stereocenters. The van der Waals surface area contributed by atoms with E-state index in [-0.39, 0.29) is 6.04 Å². The molecule has 0 bridgehead atoms. The number of benzene rings is 1. The van der Waals surface area contributed by atoms with E-state index >= 15 is 0 Å². The average Bonchev–Trinajstić information content (AvgIpc) is 2.74. The highest BCUT2D eigenvalue weighted by atomic mass is 79.9. The van der Waals surface area contributed by atoms with Crippen molar-refractivity contribution in [3.8, 4) is 5.75 Å². The van der Waals surface area contributed by atoms with E-state index in [0.717, 1.165) is 15.9 Å². The van der Waals surface area contributed by atoms with Crippen LogP contribution in [0.5, 0.6) is 5.75 Å². The molecule has 1 aromatic heterocycles. The summed E-state index contributed by atoms with van der Waals surface area (Å²) in [6.07, 6.45) is 1.98. The minimum Gasteiger partial charge on any atom is -0.492 e. The summed E-state index contributed by atoms with van der Waals surface area (Å²) in [7, 11) is 1.98. The summed E-state index contributed by atoms with van der Waals surface area (Å²) in [5, 5.41) is 0. The molecule has 0 aliphatic carbocycles. The standard InChI is InChI=1S/C13H15BrN2O/c1-16-8-2-3-13(16)12(15)9-17-11-6-4-10(14)5-7-11/h2-8,12H,9,15H2,1H3. The molecule has 1 unspecified atom stereocenters. The molecule has 17 heavy (non-hydrogen) atoms. The molecule has 0 saturated heterocycles. The van der Waals surface area contributed by atoms with E-state index in [0.29, 0.717) is 6.61 Å². The number of hydrogen-bond acceptors (Lipinski definition) is 2. The van der Waals surface area contributed by atoms with Crippen molar-refractivity contribution in [3.63, 3.8) is 0 Å². The zero-order valence-corrected chi connectivity index (χ0v) is 11.2. The molecule has 0 amide bonds. The number of halogens is 1. The van der Waals surface area contributed by atoms with Crippen molar-refractivity contribution in [2.24, 2.45) is 12.8 Å². The van der Waals surface area contributed by atoms with Crippen LogP contribution in [0.15, 0.2) is 47.1 Å². The maximum Gasteiger partial charge on any atom is 0.119 e. The SMILES string of the molecule is Cn1cccc1C(N)COc1ccc(Br)cc1. The largest absolute Gasteiger partial charge is 0.492 e. The molecule has 2 N–H and O–H groups in total. The second-order valence-electron chi connectivity index (χ2n) is 3.92. The highest BCUT2D eigenvalue weighted by Crippen LogP contribution is 2.18. The summed E-state index contributed by atoms with van der Waals surface area (Å²) in [4.78, 5) is 0. The van der Waals surface area contributed by atoms with Crippen molar-refractivity contribution in [1.29, 1.82) is 0 Å². The third-order valence-corrected chi connectivity index (χ3v) is 3.14. The number of nitrogens with two attached hydrogens (primary N) is 1. The molecule has 0 fully saturated rings. The Labute approximate surface area is 109 Å². The number of aromatic nitrogens is 1. The topological polar surface area (TPSA) is 40.2 Å². The summed E-state index contributed by atoms with van der Waals surface area (Å²) >= 11 is 3.38. The van der Waals surface area contributed by atoms with Crippen LogP contribution in [-0.2, 0) is 7.05 Å². The van der Waals surface area contributed by atoms with E-state index in [1.807, 2.05) is 54.2 Å². The summed E-state index contributed by atoms with van der Waals surface area (Å²) in [5.41, 5.74) is 7.13. The van der Waals surface area contributed by atoms with Crippen molar-refractivity contribution in [2.75, 3.05) is 6.61 Å². The predicted molar refractivity (Wildman–Crippen MR) is 72.0 cm³/mol.